The molecule has 0 saturated carbocycles. The number of rotatable bonds is 7. The van der Waals surface area contributed by atoms with Gasteiger partial charge in [-0.25, -0.2) is 0 Å². The zero-order chi connectivity index (χ0) is 16.8. The molecule has 6 nitrogen and oxygen atoms in total. The molecule has 0 fully saturated rings. The summed E-state index contributed by atoms with van der Waals surface area (Å²) in [6.07, 6.45) is 0.394. The lowest BCUT2D eigenvalue weighted by Gasteiger charge is -2.12. The second-order valence-corrected chi connectivity index (χ2v) is 6.06. The van der Waals surface area contributed by atoms with Crippen molar-refractivity contribution >= 4 is 11.9 Å². The largest absolute Gasteiger partial charge is 0.369 e. The second kappa shape index (κ2) is 7.87. The van der Waals surface area contributed by atoms with Gasteiger partial charge in [0.2, 0.25) is 5.95 Å². The number of benzene rings is 1. The number of anilines is 1. The highest BCUT2D eigenvalue weighted by Gasteiger charge is 2.16. The third-order valence-corrected chi connectivity index (χ3v) is 3.48. The maximum atomic E-state index is 12.0. The molecule has 1 atom stereocenters. The van der Waals surface area contributed by atoms with Gasteiger partial charge in [0.1, 0.15) is 6.10 Å². The molecule has 0 aliphatic rings. The topological polar surface area (TPSA) is 79.9 Å². The predicted octanol–water partition coefficient (Wildman–Crippen LogP) is 3.17. The Kier molecular flexibility index (Phi) is 5.87. The summed E-state index contributed by atoms with van der Waals surface area (Å²) in [5, 5.41) is 9.51. The first kappa shape index (κ1) is 17.1. The molecule has 2 N–H and O–H groups in total. The molecule has 1 heterocycles. The molecule has 6 heteroatoms. The van der Waals surface area contributed by atoms with Crippen molar-refractivity contribution in [3.05, 3.63) is 29.8 Å². The quantitative estimate of drug-likeness (QED) is 0.822. The molecule has 1 aromatic carbocycles. The second-order valence-electron chi connectivity index (χ2n) is 6.06. The smallest absolute Gasteiger partial charge is 0.255 e. The van der Waals surface area contributed by atoms with Gasteiger partial charge in [0.15, 0.2) is 5.82 Å². The Morgan fingerprint density at radius 1 is 1.26 bits per heavy atom. The molecule has 1 amide bonds. The lowest BCUT2D eigenvalue weighted by molar-refractivity contribution is -0.126. The van der Waals surface area contributed by atoms with Crippen LogP contribution in [0, 0.1) is 12.8 Å². The number of nitrogens with zero attached hydrogens (tertiary/aromatic N) is 2. The number of aromatic amines is 1. The number of hydrogen-bond acceptors (Lipinski definition) is 4. The van der Waals surface area contributed by atoms with E-state index in [0.717, 1.165) is 12.0 Å². The summed E-state index contributed by atoms with van der Waals surface area (Å²) in [6.45, 7) is 8.55. The molecule has 0 radical (unpaired) electrons. The molecule has 2 rings (SSSR count). The summed E-state index contributed by atoms with van der Waals surface area (Å²) < 4.78 is 5.51. The molecule has 23 heavy (non-hydrogen) atoms. The summed E-state index contributed by atoms with van der Waals surface area (Å²) >= 11 is 0. The van der Waals surface area contributed by atoms with Crippen LogP contribution < -0.4 is 5.32 Å². The Balaban J connectivity index is 1.90. The van der Waals surface area contributed by atoms with Gasteiger partial charge in [0, 0.05) is 12.2 Å². The molecule has 2 aromatic rings. The lowest BCUT2D eigenvalue weighted by Crippen LogP contribution is -2.28. The average Bonchev–Trinajstić information content (AvgIpc) is 2.96. The molecule has 0 spiro atoms. The predicted molar refractivity (Wildman–Crippen MR) is 90.1 cm³/mol. The normalized spacial score (nSPS) is 12.4. The summed E-state index contributed by atoms with van der Waals surface area (Å²) in [5.74, 6) is 1.18. The highest BCUT2D eigenvalue weighted by atomic mass is 16.5. The van der Waals surface area contributed by atoms with E-state index >= 15 is 0 Å². The molecule has 0 aliphatic carbocycles. The molecular formula is C17H24N4O2. The van der Waals surface area contributed by atoms with Crippen LogP contribution in [0.1, 0.15) is 32.8 Å². The van der Waals surface area contributed by atoms with E-state index in [1.54, 1.807) is 6.92 Å². The van der Waals surface area contributed by atoms with Crippen LogP contribution in [0.5, 0.6) is 0 Å². The Morgan fingerprint density at radius 3 is 2.61 bits per heavy atom. The minimum atomic E-state index is -0.532. The van der Waals surface area contributed by atoms with Gasteiger partial charge in [0.25, 0.3) is 5.91 Å². The Labute approximate surface area is 136 Å². The third-order valence-electron chi connectivity index (χ3n) is 3.48. The maximum absolute atomic E-state index is 12.0. The van der Waals surface area contributed by atoms with Crippen LogP contribution in [0.25, 0.3) is 11.4 Å². The SMILES string of the molecule is Cc1ccc(-c2nc(NC(=O)C(C)OCCC(C)C)n[nH]2)cc1. The fraction of sp³-hybridized carbons (Fsp3) is 0.471. The number of hydrogen-bond donors (Lipinski definition) is 2. The van der Waals surface area contributed by atoms with Crippen molar-refractivity contribution in [2.75, 3.05) is 11.9 Å². The van der Waals surface area contributed by atoms with E-state index in [-0.39, 0.29) is 11.9 Å². The first-order chi connectivity index (χ1) is 11.0. The Bertz CT molecular complexity index is 634. The van der Waals surface area contributed by atoms with E-state index in [1.165, 1.54) is 5.56 Å². The van der Waals surface area contributed by atoms with Crippen molar-refractivity contribution in [1.29, 1.82) is 0 Å². The number of carbonyl (C=O) groups excluding carboxylic acids is 1. The molecule has 1 unspecified atom stereocenters. The van der Waals surface area contributed by atoms with Gasteiger partial charge in [0.05, 0.1) is 0 Å². The van der Waals surface area contributed by atoms with Crippen LogP contribution >= 0.6 is 0 Å². The minimum Gasteiger partial charge on any atom is -0.369 e. The monoisotopic (exact) mass is 316 g/mol. The van der Waals surface area contributed by atoms with E-state index in [0.29, 0.717) is 18.3 Å². The van der Waals surface area contributed by atoms with Crippen molar-refractivity contribution in [2.45, 2.75) is 40.2 Å². The highest BCUT2D eigenvalue weighted by Crippen LogP contribution is 2.16. The fourth-order valence-electron chi connectivity index (χ4n) is 1.93. The molecule has 0 bridgehead atoms. The number of carbonyl (C=O) groups is 1. The van der Waals surface area contributed by atoms with E-state index in [9.17, 15) is 4.79 Å². The third kappa shape index (κ3) is 5.17. The molecule has 0 saturated heterocycles. The Morgan fingerprint density at radius 2 is 1.96 bits per heavy atom. The number of nitrogens with one attached hydrogen (secondary N) is 2. The van der Waals surface area contributed by atoms with Crippen molar-refractivity contribution in [2.24, 2.45) is 5.92 Å². The Hall–Kier alpha value is -2.21. The summed E-state index contributed by atoms with van der Waals surface area (Å²) in [5.41, 5.74) is 2.10. The fourth-order valence-corrected chi connectivity index (χ4v) is 1.93. The first-order valence-electron chi connectivity index (χ1n) is 7.87. The van der Waals surface area contributed by atoms with Gasteiger partial charge >= 0.3 is 0 Å². The van der Waals surface area contributed by atoms with Gasteiger partial charge < -0.3 is 4.74 Å². The van der Waals surface area contributed by atoms with Gasteiger partial charge in [-0.3, -0.25) is 15.2 Å². The average molecular weight is 316 g/mol. The number of aromatic nitrogens is 3. The zero-order valence-electron chi connectivity index (χ0n) is 14.1. The van der Waals surface area contributed by atoms with Crippen molar-refractivity contribution in [1.82, 2.24) is 15.2 Å². The summed E-state index contributed by atoms with van der Waals surface area (Å²) in [7, 11) is 0. The van der Waals surface area contributed by atoms with Gasteiger partial charge in [-0.2, -0.15) is 4.98 Å². The van der Waals surface area contributed by atoms with Crippen LogP contribution in [0.2, 0.25) is 0 Å². The summed E-state index contributed by atoms with van der Waals surface area (Å²) in [6, 6.07) is 7.92. The lowest BCUT2D eigenvalue weighted by atomic mass is 10.1. The molecule has 124 valence electrons. The van der Waals surface area contributed by atoms with Crippen LogP contribution in [0.15, 0.2) is 24.3 Å². The summed E-state index contributed by atoms with van der Waals surface area (Å²) in [4.78, 5) is 16.3. The number of amides is 1. The zero-order valence-corrected chi connectivity index (χ0v) is 14.1. The van der Waals surface area contributed by atoms with E-state index in [4.69, 9.17) is 4.74 Å². The van der Waals surface area contributed by atoms with Crippen LogP contribution in [-0.2, 0) is 9.53 Å². The van der Waals surface area contributed by atoms with E-state index in [1.807, 2.05) is 31.2 Å². The van der Waals surface area contributed by atoms with Crippen LogP contribution in [0.3, 0.4) is 0 Å². The standard InChI is InChI=1S/C17H24N4O2/c1-11(2)9-10-23-13(4)16(22)19-17-18-15(20-21-17)14-7-5-12(3)6-8-14/h5-8,11,13H,9-10H2,1-4H3,(H2,18,19,20,21,22). The first-order valence-corrected chi connectivity index (χ1v) is 7.87. The van der Waals surface area contributed by atoms with Crippen LogP contribution in [-0.4, -0.2) is 33.8 Å². The number of H-pyrrole nitrogens is 1. The van der Waals surface area contributed by atoms with Crippen LogP contribution in [0.4, 0.5) is 5.95 Å². The molecular weight excluding hydrogens is 292 g/mol. The maximum Gasteiger partial charge on any atom is 0.255 e. The minimum absolute atomic E-state index is 0.247. The molecule has 1 aromatic heterocycles. The van der Waals surface area contributed by atoms with Crippen molar-refractivity contribution in [3.8, 4) is 11.4 Å². The van der Waals surface area contributed by atoms with Crippen molar-refractivity contribution < 1.29 is 9.53 Å². The molecule has 0 aliphatic heterocycles. The van der Waals surface area contributed by atoms with Gasteiger partial charge in [-0.15, -0.1) is 5.10 Å². The van der Waals surface area contributed by atoms with Gasteiger partial charge in [-0.1, -0.05) is 43.7 Å². The van der Waals surface area contributed by atoms with E-state index in [2.05, 4.69) is 34.3 Å². The number of aryl methyl sites for hydroxylation is 1. The number of ether oxygens (including phenoxy) is 1. The van der Waals surface area contributed by atoms with Crippen molar-refractivity contribution in [3.63, 3.8) is 0 Å². The van der Waals surface area contributed by atoms with E-state index < -0.39 is 6.10 Å². The highest BCUT2D eigenvalue weighted by molar-refractivity contribution is 5.92. The van der Waals surface area contributed by atoms with Gasteiger partial charge in [-0.05, 0) is 26.2 Å².